The van der Waals surface area contributed by atoms with Crippen LogP contribution in [-0.4, -0.2) is 41.5 Å². The predicted octanol–water partition coefficient (Wildman–Crippen LogP) is 2.19. The van der Waals surface area contributed by atoms with Crippen molar-refractivity contribution in [3.05, 3.63) is 0 Å². The lowest BCUT2D eigenvalue weighted by Gasteiger charge is -2.42. The maximum absolute atomic E-state index is 13.3. The van der Waals surface area contributed by atoms with E-state index in [1.54, 1.807) is 4.90 Å². The quantitative estimate of drug-likeness (QED) is 0.856. The van der Waals surface area contributed by atoms with Gasteiger partial charge in [0.2, 0.25) is 5.91 Å². The van der Waals surface area contributed by atoms with Crippen molar-refractivity contribution >= 4 is 5.91 Å². The van der Waals surface area contributed by atoms with Gasteiger partial charge in [-0.3, -0.25) is 4.79 Å². The number of amides is 1. The van der Waals surface area contributed by atoms with Gasteiger partial charge in [0.05, 0.1) is 0 Å². The average Bonchev–Trinajstić information content (AvgIpc) is 2.85. The van der Waals surface area contributed by atoms with Crippen LogP contribution in [0, 0.1) is 10.8 Å². The normalized spacial score (nSPS) is 29.9. The van der Waals surface area contributed by atoms with Gasteiger partial charge in [-0.15, -0.1) is 0 Å². The molecule has 1 amide bonds. The Balaban J connectivity index is 1.53. The van der Waals surface area contributed by atoms with Crippen LogP contribution in [-0.2, 0) is 4.79 Å². The van der Waals surface area contributed by atoms with Crippen LogP contribution in [0.25, 0.3) is 0 Å². The van der Waals surface area contributed by atoms with Crippen LogP contribution in [0.15, 0.2) is 0 Å². The van der Waals surface area contributed by atoms with E-state index in [0.29, 0.717) is 32.4 Å². The Hall–Kier alpha value is -0.710. The molecule has 2 aliphatic carbocycles. The third-order valence-corrected chi connectivity index (χ3v) is 5.56. The van der Waals surface area contributed by atoms with Crippen molar-refractivity contribution in [2.75, 3.05) is 19.7 Å². The number of likely N-dealkylation sites (tertiary alicyclic amines) is 1. The minimum Gasteiger partial charge on any atom is -0.396 e. The molecule has 0 radical (unpaired) electrons. The summed E-state index contributed by atoms with van der Waals surface area (Å²) in [7, 11) is 0. The molecule has 0 bridgehead atoms. The molecule has 0 unspecified atom stereocenters. The van der Waals surface area contributed by atoms with Crippen molar-refractivity contribution in [3.8, 4) is 0 Å². The van der Waals surface area contributed by atoms with Gasteiger partial charge >= 0.3 is 0 Å². The number of halogens is 2. The van der Waals surface area contributed by atoms with E-state index in [9.17, 15) is 18.7 Å². The minimum absolute atomic E-state index is 0.00259. The van der Waals surface area contributed by atoms with Crippen LogP contribution in [0.4, 0.5) is 8.78 Å². The molecule has 1 heterocycles. The van der Waals surface area contributed by atoms with Crippen molar-refractivity contribution in [1.29, 1.82) is 0 Å². The van der Waals surface area contributed by atoms with Crippen molar-refractivity contribution < 1.29 is 18.7 Å². The fraction of sp³-hybridized carbons (Fsp3) is 0.929. The second-order valence-electron chi connectivity index (χ2n) is 6.73. The molecule has 3 aliphatic rings. The Kier molecular flexibility index (Phi) is 2.89. The summed E-state index contributed by atoms with van der Waals surface area (Å²) in [5, 5.41) is 9.38. The highest BCUT2D eigenvalue weighted by atomic mass is 19.3. The lowest BCUT2D eigenvalue weighted by Crippen LogP contribution is -2.45. The minimum atomic E-state index is -2.50. The first kappa shape index (κ1) is 13.3. The number of carbonyl (C=O) groups excluding carboxylic acids is 1. The lowest BCUT2D eigenvalue weighted by atomic mass is 9.67. The highest BCUT2D eigenvalue weighted by Crippen LogP contribution is 2.65. The first-order chi connectivity index (χ1) is 8.92. The van der Waals surface area contributed by atoms with Gasteiger partial charge in [-0.25, -0.2) is 8.78 Å². The second kappa shape index (κ2) is 4.14. The zero-order valence-electron chi connectivity index (χ0n) is 11.1. The van der Waals surface area contributed by atoms with Crippen molar-refractivity contribution in [1.82, 2.24) is 4.90 Å². The summed E-state index contributed by atoms with van der Waals surface area (Å²) in [5.41, 5.74) is -1.01. The Morgan fingerprint density at radius 1 is 1.16 bits per heavy atom. The number of alkyl halides is 2. The number of hydrogen-bond donors (Lipinski definition) is 1. The summed E-state index contributed by atoms with van der Waals surface area (Å²) < 4.78 is 26.5. The number of nitrogens with zero attached hydrogens (tertiary/aromatic N) is 1. The molecule has 1 saturated heterocycles. The standard InChI is InChI=1S/C14H21F2NO2/c15-14(16)9-13(14)4-6-17(7-5-13)11(19)8-12(10-18)2-1-3-12/h18H,1-10H2. The monoisotopic (exact) mass is 273 g/mol. The molecule has 5 heteroatoms. The molecule has 108 valence electrons. The van der Waals surface area contributed by atoms with E-state index in [2.05, 4.69) is 0 Å². The predicted molar refractivity (Wildman–Crippen MR) is 65.8 cm³/mol. The van der Waals surface area contributed by atoms with E-state index < -0.39 is 11.3 Å². The number of carbonyl (C=O) groups is 1. The molecule has 0 aromatic rings. The largest absolute Gasteiger partial charge is 0.396 e. The van der Waals surface area contributed by atoms with Gasteiger partial charge in [0.1, 0.15) is 0 Å². The Morgan fingerprint density at radius 2 is 1.74 bits per heavy atom. The van der Waals surface area contributed by atoms with E-state index >= 15 is 0 Å². The molecular formula is C14H21F2NO2. The Labute approximate surface area is 112 Å². The molecule has 3 nitrogen and oxygen atoms in total. The molecule has 1 aliphatic heterocycles. The molecule has 1 N–H and O–H groups in total. The van der Waals surface area contributed by atoms with Crippen LogP contribution in [0.2, 0.25) is 0 Å². The van der Waals surface area contributed by atoms with Crippen molar-refractivity contribution in [2.24, 2.45) is 10.8 Å². The fourth-order valence-electron chi connectivity index (χ4n) is 3.61. The molecule has 2 saturated carbocycles. The van der Waals surface area contributed by atoms with Crippen LogP contribution < -0.4 is 0 Å². The van der Waals surface area contributed by atoms with Crippen molar-refractivity contribution in [2.45, 2.75) is 50.9 Å². The number of aliphatic hydroxyl groups excluding tert-OH is 1. The number of piperidine rings is 1. The first-order valence-electron chi connectivity index (χ1n) is 7.19. The average molecular weight is 273 g/mol. The molecule has 0 aromatic carbocycles. The maximum Gasteiger partial charge on any atom is 0.254 e. The molecule has 0 aromatic heterocycles. The zero-order valence-corrected chi connectivity index (χ0v) is 11.1. The van der Waals surface area contributed by atoms with Gasteiger partial charge < -0.3 is 10.0 Å². The summed E-state index contributed by atoms with van der Waals surface area (Å²) in [6.45, 7) is 0.973. The van der Waals surface area contributed by atoms with Crippen LogP contribution in [0.1, 0.15) is 44.9 Å². The summed E-state index contributed by atoms with van der Waals surface area (Å²) in [4.78, 5) is 13.9. The van der Waals surface area contributed by atoms with Crippen LogP contribution in [0.5, 0.6) is 0 Å². The summed E-state index contributed by atoms with van der Waals surface area (Å²) in [5.74, 6) is -2.46. The van der Waals surface area contributed by atoms with E-state index in [4.69, 9.17) is 0 Å². The SMILES string of the molecule is O=C(CC1(CO)CCC1)N1CCC2(CC1)CC2(F)F. The summed E-state index contributed by atoms with van der Waals surface area (Å²) in [6.07, 6.45) is 4.13. The third kappa shape index (κ3) is 2.06. The zero-order chi connectivity index (χ0) is 13.7. The number of rotatable bonds is 3. The van der Waals surface area contributed by atoms with E-state index in [1.807, 2.05) is 0 Å². The maximum atomic E-state index is 13.3. The van der Waals surface area contributed by atoms with E-state index in [1.165, 1.54) is 0 Å². The van der Waals surface area contributed by atoms with E-state index in [-0.39, 0.29) is 24.3 Å². The van der Waals surface area contributed by atoms with Gasteiger partial charge in [0, 0.05) is 43.4 Å². The fourth-order valence-corrected chi connectivity index (χ4v) is 3.61. The number of aliphatic hydroxyl groups is 1. The molecule has 3 fully saturated rings. The molecular weight excluding hydrogens is 252 g/mol. The molecule has 1 spiro atoms. The van der Waals surface area contributed by atoms with E-state index in [0.717, 1.165) is 19.3 Å². The van der Waals surface area contributed by atoms with Gasteiger partial charge in [-0.05, 0) is 25.7 Å². The second-order valence-corrected chi connectivity index (χ2v) is 6.73. The van der Waals surface area contributed by atoms with Gasteiger partial charge in [-0.2, -0.15) is 0 Å². The Morgan fingerprint density at radius 3 is 2.11 bits per heavy atom. The van der Waals surface area contributed by atoms with Gasteiger partial charge in [0.15, 0.2) is 0 Å². The third-order valence-electron chi connectivity index (χ3n) is 5.56. The van der Waals surface area contributed by atoms with Crippen LogP contribution in [0.3, 0.4) is 0 Å². The topological polar surface area (TPSA) is 40.5 Å². The van der Waals surface area contributed by atoms with Gasteiger partial charge in [0.25, 0.3) is 5.92 Å². The van der Waals surface area contributed by atoms with Gasteiger partial charge in [-0.1, -0.05) is 6.42 Å². The summed E-state index contributed by atoms with van der Waals surface area (Å²) >= 11 is 0. The molecule has 19 heavy (non-hydrogen) atoms. The smallest absolute Gasteiger partial charge is 0.254 e. The Bertz CT molecular complexity index is 379. The van der Waals surface area contributed by atoms with Crippen molar-refractivity contribution in [3.63, 3.8) is 0 Å². The lowest BCUT2D eigenvalue weighted by molar-refractivity contribution is -0.139. The molecule has 0 atom stereocenters. The number of hydrogen-bond acceptors (Lipinski definition) is 2. The van der Waals surface area contributed by atoms with Crippen LogP contribution >= 0.6 is 0 Å². The summed E-state index contributed by atoms with van der Waals surface area (Å²) in [6, 6.07) is 0. The highest BCUT2D eigenvalue weighted by molar-refractivity contribution is 5.77. The highest BCUT2D eigenvalue weighted by Gasteiger charge is 2.70. The molecule has 3 rings (SSSR count). The first-order valence-corrected chi connectivity index (χ1v) is 7.19.